The van der Waals surface area contributed by atoms with E-state index in [1.807, 2.05) is 30.3 Å². The average Bonchev–Trinajstić information content (AvgIpc) is 3.78. The average molecular weight is 799 g/mol. The number of aromatic hydroxyl groups is 1. The summed E-state index contributed by atoms with van der Waals surface area (Å²) in [6.45, 7) is 5.41. The number of benzene rings is 4. The molecule has 5 aliphatic heterocycles. The van der Waals surface area contributed by atoms with E-state index in [1.54, 1.807) is 24.1 Å². The van der Waals surface area contributed by atoms with Crippen molar-refractivity contribution in [3.63, 3.8) is 0 Å². The van der Waals surface area contributed by atoms with Gasteiger partial charge in [-0.2, -0.15) is 0 Å². The highest BCUT2D eigenvalue weighted by Gasteiger charge is 2.48. The van der Waals surface area contributed by atoms with Crippen LogP contribution in [-0.4, -0.2) is 85.1 Å². The minimum Gasteiger partial charge on any atom is -0.508 e. The Morgan fingerprint density at radius 2 is 1.69 bits per heavy atom. The number of hydrogen-bond acceptors (Lipinski definition) is 8. The number of amides is 3. The summed E-state index contributed by atoms with van der Waals surface area (Å²) < 4.78 is 28.9. The van der Waals surface area contributed by atoms with Crippen LogP contribution in [0, 0.1) is 11.7 Å². The lowest BCUT2D eigenvalue weighted by Gasteiger charge is -2.41. The monoisotopic (exact) mass is 798 g/mol. The van der Waals surface area contributed by atoms with Gasteiger partial charge in [-0.3, -0.25) is 19.7 Å². The van der Waals surface area contributed by atoms with E-state index in [0.29, 0.717) is 42.5 Å². The minimum atomic E-state index is -0.646. The number of nitrogens with zero attached hydrogens (tertiary/aromatic N) is 3. The molecule has 10 rings (SSSR count). The number of imide groups is 1. The molecule has 3 fully saturated rings. The second-order valence-corrected chi connectivity index (χ2v) is 17.6. The molecule has 306 valence electrons. The van der Waals surface area contributed by atoms with Crippen molar-refractivity contribution in [3.8, 4) is 17.2 Å². The summed E-state index contributed by atoms with van der Waals surface area (Å²) in [7, 11) is 1.68. The van der Waals surface area contributed by atoms with Gasteiger partial charge in [0.2, 0.25) is 11.8 Å². The van der Waals surface area contributed by atoms with E-state index < -0.39 is 11.9 Å². The third-order valence-electron chi connectivity index (χ3n) is 14.5. The van der Waals surface area contributed by atoms with E-state index in [0.717, 1.165) is 99.3 Å². The van der Waals surface area contributed by atoms with Crippen molar-refractivity contribution in [1.29, 1.82) is 0 Å². The van der Waals surface area contributed by atoms with E-state index in [2.05, 4.69) is 45.4 Å². The Kier molecular flexibility index (Phi) is 9.61. The molecule has 1 aliphatic carbocycles. The maximum Gasteiger partial charge on any atom is 0.255 e. The topological polar surface area (TPSA) is 112 Å². The molecule has 1 spiro atoms. The molecule has 11 heteroatoms. The summed E-state index contributed by atoms with van der Waals surface area (Å²) >= 11 is 0. The zero-order valence-corrected chi connectivity index (χ0v) is 33.6. The smallest absolute Gasteiger partial charge is 0.255 e. The maximum absolute atomic E-state index is 16.4. The van der Waals surface area contributed by atoms with Gasteiger partial charge < -0.3 is 29.3 Å². The number of piperidine rings is 3. The maximum atomic E-state index is 16.4. The Hall–Kier alpha value is -5.42. The number of fused-ring (bicyclic) bond motifs is 5. The third kappa shape index (κ3) is 6.62. The van der Waals surface area contributed by atoms with E-state index in [4.69, 9.17) is 9.47 Å². The molecule has 4 aromatic rings. The molecule has 6 aliphatic rings. The molecule has 0 bridgehead atoms. The van der Waals surface area contributed by atoms with Gasteiger partial charge in [0.05, 0.1) is 25.9 Å². The summed E-state index contributed by atoms with van der Waals surface area (Å²) in [5.41, 5.74) is 7.40. The molecule has 5 heterocycles. The number of hydrogen-bond donors (Lipinski definition) is 2. The largest absolute Gasteiger partial charge is 0.508 e. The van der Waals surface area contributed by atoms with Crippen LogP contribution in [-0.2, 0) is 28.0 Å². The van der Waals surface area contributed by atoms with Crippen molar-refractivity contribution in [2.75, 3.05) is 51.3 Å². The lowest BCUT2D eigenvalue weighted by Crippen LogP contribution is -2.52. The van der Waals surface area contributed by atoms with Crippen LogP contribution < -0.4 is 19.7 Å². The zero-order valence-electron chi connectivity index (χ0n) is 33.6. The number of carbonyl (C=O) groups is 3. The summed E-state index contributed by atoms with van der Waals surface area (Å²) in [5.74, 6) is 1.21. The van der Waals surface area contributed by atoms with Gasteiger partial charge in [0.1, 0.15) is 29.1 Å². The molecule has 0 aromatic heterocycles. The van der Waals surface area contributed by atoms with Gasteiger partial charge in [-0.05, 0) is 111 Å². The molecular formula is C48H51FN4O6. The highest BCUT2D eigenvalue weighted by molar-refractivity contribution is 6.05. The highest BCUT2D eigenvalue weighted by Crippen LogP contribution is 2.52. The van der Waals surface area contributed by atoms with Crippen LogP contribution in [0.5, 0.6) is 17.2 Å². The van der Waals surface area contributed by atoms with Gasteiger partial charge in [-0.25, -0.2) is 4.39 Å². The second kappa shape index (κ2) is 15.0. The van der Waals surface area contributed by atoms with Crippen molar-refractivity contribution < 1.29 is 33.4 Å². The number of phenolic OH excluding ortho intramolecular Hbond substituents is 1. The Labute approximate surface area is 344 Å². The number of carbonyl (C=O) groups excluding carboxylic acids is 3. The minimum absolute atomic E-state index is 0.0966. The van der Waals surface area contributed by atoms with Gasteiger partial charge in [0.25, 0.3) is 5.91 Å². The Morgan fingerprint density at radius 1 is 0.898 bits per heavy atom. The molecule has 4 aromatic carbocycles. The van der Waals surface area contributed by atoms with Crippen LogP contribution in [0.3, 0.4) is 0 Å². The second-order valence-electron chi connectivity index (χ2n) is 17.6. The Morgan fingerprint density at radius 3 is 2.46 bits per heavy atom. The normalized spacial score (nSPS) is 24.1. The number of halogens is 1. The molecule has 0 saturated carbocycles. The van der Waals surface area contributed by atoms with E-state index in [9.17, 15) is 19.5 Å². The first-order chi connectivity index (χ1) is 28.7. The van der Waals surface area contributed by atoms with Crippen molar-refractivity contribution in [2.45, 2.75) is 81.2 Å². The zero-order chi connectivity index (χ0) is 40.4. The van der Waals surface area contributed by atoms with Crippen molar-refractivity contribution in [2.24, 2.45) is 5.92 Å². The number of methoxy groups -OCH3 is 1. The van der Waals surface area contributed by atoms with Crippen LogP contribution >= 0.6 is 0 Å². The Bertz CT molecular complexity index is 2320. The molecule has 2 N–H and O–H groups in total. The van der Waals surface area contributed by atoms with Crippen LogP contribution in [0.25, 0.3) is 0 Å². The first-order valence-corrected chi connectivity index (χ1v) is 21.3. The molecular weight excluding hydrogens is 748 g/mol. The predicted molar refractivity (Wildman–Crippen MR) is 221 cm³/mol. The number of ether oxygens (including phenoxy) is 2. The standard InChI is InChI=1S/C48H51FN4O6/c1-58-42-25-41(39(49)24-36(42)44-33(30-5-3-2-4-6-30)9-7-31-23-32(54)8-10-34(31)44)52-19-15-29(16-20-52)26-51-21-17-48(18-22-51)28-59-45-37-27-53(40-13-14-43(55)50-46(40)56)47(57)35(37)11-12-38(45)48/h2-6,8,10-12,23-25,29,33,40,44,54H,7,9,13-22,26-28H2,1H3,(H,50,55,56)/t33-,40+,44+/m1/s1. The number of likely N-dealkylation sites (tertiary alicyclic amines) is 1. The van der Waals surface area contributed by atoms with E-state index in [-0.39, 0.29) is 47.1 Å². The summed E-state index contributed by atoms with van der Waals surface area (Å²) in [4.78, 5) is 44.1. The fraction of sp³-hybridized carbons (Fsp3) is 0.438. The Balaban J connectivity index is 0.789. The lowest BCUT2D eigenvalue weighted by molar-refractivity contribution is -0.136. The fourth-order valence-corrected chi connectivity index (χ4v) is 11.3. The van der Waals surface area contributed by atoms with Crippen molar-refractivity contribution >= 4 is 23.4 Å². The fourth-order valence-electron chi connectivity index (χ4n) is 11.3. The van der Waals surface area contributed by atoms with Gasteiger partial charge in [0.15, 0.2) is 0 Å². The van der Waals surface area contributed by atoms with Crippen LogP contribution in [0.2, 0.25) is 0 Å². The molecule has 59 heavy (non-hydrogen) atoms. The first-order valence-electron chi connectivity index (χ1n) is 21.3. The molecule has 0 radical (unpaired) electrons. The molecule has 3 saturated heterocycles. The van der Waals surface area contributed by atoms with Crippen LogP contribution in [0.15, 0.2) is 72.8 Å². The van der Waals surface area contributed by atoms with Gasteiger partial charge in [0, 0.05) is 65.7 Å². The van der Waals surface area contributed by atoms with Gasteiger partial charge >= 0.3 is 0 Å². The predicted octanol–water partition coefficient (Wildman–Crippen LogP) is 6.81. The number of phenols is 1. The number of aryl methyl sites for hydroxylation is 1. The lowest BCUT2D eigenvalue weighted by atomic mass is 9.69. The van der Waals surface area contributed by atoms with Crippen molar-refractivity contribution in [1.82, 2.24) is 15.1 Å². The number of nitrogens with one attached hydrogen (secondary N) is 1. The first kappa shape index (κ1) is 37.8. The van der Waals surface area contributed by atoms with E-state index >= 15 is 4.39 Å². The van der Waals surface area contributed by atoms with Crippen LogP contribution in [0.4, 0.5) is 10.1 Å². The van der Waals surface area contributed by atoms with E-state index in [1.165, 1.54) is 11.1 Å². The highest BCUT2D eigenvalue weighted by atomic mass is 19.1. The molecule has 0 unspecified atom stereocenters. The molecule has 3 amide bonds. The van der Waals surface area contributed by atoms with Gasteiger partial charge in [-0.1, -0.05) is 42.5 Å². The van der Waals surface area contributed by atoms with Gasteiger partial charge in [-0.15, -0.1) is 0 Å². The number of anilines is 1. The molecule has 3 atom stereocenters. The van der Waals surface area contributed by atoms with Crippen molar-refractivity contribution in [3.05, 3.63) is 118 Å². The third-order valence-corrected chi connectivity index (χ3v) is 14.5. The summed E-state index contributed by atoms with van der Waals surface area (Å²) in [5, 5.41) is 12.7. The summed E-state index contributed by atoms with van der Waals surface area (Å²) in [6, 6.07) is 23.0. The van der Waals surface area contributed by atoms with Crippen LogP contribution in [0.1, 0.15) is 101 Å². The molecule has 10 nitrogen and oxygen atoms in total. The quantitative estimate of drug-likeness (QED) is 0.197. The SMILES string of the molecule is COc1cc(N2CCC(CN3CCC4(CC3)COc3c4ccc4c3CN([C@H]3CCC(=O)NC3=O)C4=O)CC2)c(F)cc1[C@@H]1c2ccc(O)cc2CC[C@@H]1c1ccccc1. The number of rotatable bonds is 7. The summed E-state index contributed by atoms with van der Waals surface area (Å²) in [6.07, 6.45) is 6.21.